The summed E-state index contributed by atoms with van der Waals surface area (Å²) < 4.78 is 34.2. The Labute approximate surface area is 125 Å². The molecule has 0 heterocycles. The summed E-state index contributed by atoms with van der Waals surface area (Å²) in [5.41, 5.74) is 5.96. The van der Waals surface area contributed by atoms with E-state index in [1.807, 2.05) is 13.8 Å². The molecule has 1 aromatic carbocycles. The van der Waals surface area contributed by atoms with Gasteiger partial charge in [-0.05, 0) is 31.5 Å². The van der Waals surface area contributed by atoms with E-state index in [-0.39, 0.29) is 23.9 Å². The molecule has 0 amide bonds. The highest BCUT2D eigenvalue weighted by Gasteiger charge is 2.12. The van der Waals surface area contributed by atoms with Crippen LogP contribution < -0.4 is 15.2 Å². The molecule has 7 heteroatoms. The molecule has 0 bridgehead atoms. The van der Waals surface area contributed by atoms with Gasteiger partial charge in [-0.25, -0.2) is 8.42 Å². The Morgan fingerprint density at radius 1 is 1.19 bits per heavy atom. The molecule has 0 fully saturated rings. The predicted octanol–water partition coefficient (Wildman–Crippen LogP) is 1.57. The van der Waals surface area contributed by atoms with Crippen LogP contribution >= 0.6 is 0 Å². The second-order valence-electron chi connectivity index (χ2n) is 4.51. The minimum atomic E-state index is -3.07. The summed E-state index contributed by atoms with van der Waals surface area (Å²) in [6, 6.07) is 4.89. The monoisotopic (exact) mass is 314 g/mol. The maximum Gasteiger partial charge on any atom is 0.161 e. The normalized spacial score (nSPS) is 11.1. The fourth-order valence-corrected chi connectivity index (χ4v) is 2.92. The lowest BCUT2D eigenvalue weighted by Gasteiger charge is -2.13. The molecule has 118 valence electrons. The van der Waals surface area contributed by atoms with Crippen LogP contribution in [0.1, 0.15) is 25.8 Å². The van der Waals surface area contributed by atoms with Gasteiger partial charge in [0.05, 0.1) is 18.1 Å². The molecule has 0 unspecified atom stereocenters. The summed E-state index contributed by atoms with van der Waals surface area (Å²) in [6.07, 6.45) is 0.597. The maximum absolute atomic E-state index is 11.6. The van der Waals surface area contributed by atoms with Gasteiger partial charge in [0, 0.05) is 5.56 Å². The van der Waals surface area contributed by atoms with E-state index in [1.165, 1.54) is 0 Å². The number of sulfone groups is 1. The fraction of sp³-hybridized carbons (Fsp3) is 0.500. The zero-order valence-electron chi connectivity index (χ0n) is 12.4. The third kappa shape index (κ3) is 5.63. The third-order valence-corrected chi connectivity index (χ3v) is 4.54. The highest BCUT2D eigenvalue weighted by molar-refractivity contribution is 7.91. The first-order valence-electron chi connectivity index (χ1n) is 6.84. The van der Waals surface area contributed by atoms with Crippen molar-refractivity contribution in [2.24, 2.45) is 5.73 Å². The van der Waals surface area contributed by atoms with E-state index in [4.69, 9.17) is 20.6 Å². The Bertz CT molecular complexity index is 585. The number of nitrogens with one attached hydrogen (secondary N) is 1. The number of ether oxygens (including phenoxy) is 2. The highest BCUT2D eigenvalue weighted by Crippen LogP contribution is 2.28. The van der Waals surface area contributed by atoms with Crippen LogP contribution in [0, 0.1) is 5.41 Å². The number of hydrogen-bond acceptors (Lipinski definition) is 5. The lowest BCUT2D eigenvalue weighted by Crippen LogP contribution is -2.17. The van der Waals surface area contributed by atoms with E-state index < -0.39 is 9.84 Å². The molecule has 0 atom stereocenters. The van der Waals surface area contributed by atoms with Crippen LogP contribution in [0.15, 0.2) is 18.2 Å². The van der Waals surface area contributed by atoms with Crippen molar-refractivity contribution in [3.63, 3.8) is 0 Å². The first-order valence-corrected chi connectivity index (χ1v) is 8.66. The number of hydrogen-bond donors (Lipinski definition) is 2. The summed E-state index contributed by atoms with van der Waals surface area (Å²) >= 11 is 0. The van der Waals surface area contributed by atoms with Gasteiger partial charge < -0.3 is 15.2 Å². The Balaban J connectivity index is 2.76. The summed E-state index contributed by atoms with van der Waals surface area (Å²) in [4.78, 5) is 0. The van der Waals surface area contributed by atoms with Crippen LogP contribution in [0.4, 0.5) is 0 Å². The average molecular weight is 314 g/mol. The van der Waals surface area contributed by atoms with Crippen LogP contribution in [0.3, 0.4) is 0 Å². The number of rotatable bonds is 9. The number of amidine groups is 1. The van der Waals surface area contributed by atoms with Crippen molar-refractivity contribution >= 4 is 15.7 Å². The molecule has 0 aliphatic rings. The summed E-state index contributed by atoms with van der Waals surface area (Å²) in [7, 11) is -3.07. The molecule has 1 aromatic rings. The number of benzene rings is 1. The van der Waals surface area contributed by atoms with Gasteiger partial charge in [-0.3, -0.25) is 5.41 Å². The Morgan fingerprint density at radius 3 is 2.48 bits per heavy atom. The molecule has 3 N–H and O–H groups in total. The minimum absolute atomic E-state index is 0.0269. The predicted molar refractivity (Wildman–Crippen MR) is 83.1 cm³/mol. The molecule has 6 nitrogen and oxygen atoms in total. The first-order chi connectivity index (χ1) is 9.89. The van der Waals surface area contributed by atoms with Crippen molar-refractivity contribution in [2.75, 3.05) is 24.7 Å². The van der Waals surface area contributed by atoms with Gasteiger partial charge in [0.25, 0.3) is 0 Å². The molecule has 0 aromatic heterocycles. The van der Waals surface area contributed by atoms with E-state index in [9.17, 15) is 8.42 Å². The van der Waals surface area contributed by atoms with Crippen LogP contribution in [-0.2, 0) is 9.84 Å². The second kappa shape index (κ2) is 7.87. The smallest absolute Gasteiger partial charge is 0.161 e. The summed E-state index contributed by atoms with van der Waals surface area (Å²) in [5, 5.41) is 7.40. The van der Waals surface area contributed by atoms with Crippen molar-refractivity contribution in [2.45, 2.75) is 20.3 Å². The molecule has 21 heavy (non-hydrogen) atoms. The molecule has 0 aliphatic heterocycles. The highest BCUT2D eigenvalue weighted by atomic mass is 32.2. The van der Waals surface area contributed by atoms with Crippen molar-refractivity contribution in [1.29, 1.82) is 5.41 Å². The fourth-order valence-electron chi connectivity index (χ4n) is 1.75. The van der Waals surface area contributed by atoms with Crippen LogP contribution in [0.5, 0.6) is 11.5 Å². The molecule has 0 radical (unpaired) electrons. The van der Waals surface area contributed by atoms with Gasteiger partial charge in [0.15, 0.2) is 21.3 Å². The van der Waals surface area contributed by atoms with Crippen molar-refractivity contribution in [3.8, 4) is 11.5 Å². The zero-order valence-corrected chi connectivity index (χ0v) is 13.2. The van der Waals surface area contributed by atoms with Gasteiger partial charge in [-0.15, -0.1) is 0 Å². The van der Waals surface area contributed by atoms with E-state index in [0.29, 0.717) is 30.1 Å². The Kier molecular flexibility index (Phi) is 6.48. The Morgan fingerprint density at radius 2 is 1.90 bits per heavy atom. The van der Waals surface area contributed by atoms with Crippen LogP contribution in [0.25, 0.3) is 0 Å². The summed E-state index contributed by atoms with van der Waals surface area (Å²) in [5.74, 6) is 0.985. The van der Waals surface area contributed by atoms with Crippen LogP contribution in [0.2, 0.25) is 0 Å². The van der Waals surface area contributed by atoms with Gasteiger partial charge >= 0.3 is 0 Å². The van der Waals surface area contributed by atoms with Gasteiger partial charge in [-0.2, -0.15) is 0 Å². The SMILES string of the molecule is CCCS(=O)(=O)CCOc1ccc(C(=N)N)cc1OCC. The molecule has 0 saturated heterocycles. The minimum Gasteiger partial charge on any atom is -0.490 e. The van der Waals surface area contributed by atoms with Gasteiger partial charge in [0.2, 0.25) is 0 Å². The largest absolute Gasteiger partial charge is 0.490 e. The van der Waals surface area contributed by atoms with E-state index in [2.05, 4.69) is 0 Å². The lowest BCUT2D eigenvalue weighted by molar-refractivity contribution is 0.288. The van der Waals surface area contributed by atoms with Crippen molar-refractivity contribution < 1.29 is 17.9 Å². The summed E-state index contributed by atoms with van der Waals surface area (Å²) in [6.45, 7) is 4.16. The number of nitrogens with two attached hydrogens (primary N) is 1. The first kappa shape index (κ1) is 17.3. The van der Waals surface area contributed by atoms with Crippen molar-refractivity contribution in [3.05, 3.63) is 23.8 Å². The van der Waals surface area contributed by atoms with E-state index >= 15 is 0 Å². The third-order valence-electron chi connectivity index (χ3n) is 2.72. The maximum atomic E-state index is 11.6. The van der Waals surface area contributed by atoms with E-state index in [1.54, 1.807) is 18.2 Å². The Hall–Kier alpha value is -1.76. The second-order valence-corrected chi connectivity index (χ2v) is 6.81. The average Bonchev–Trinajstić information content (AvgIpc) is 2.40. The zero-order chi connectivity index (χ0) is 15.9. The standard InChI is InChI=1S/C14H22N2O4S/c1-3-8-21(17,18)9-7-20-12-6-5-11(14(15)16)10-13(12)19-4-2/h5-6,10H,3-4,7-9H2,1-2H3,(H3,15,16). The molecular weight excluding hydrogens is 292 g/mol. The quantitative estimate of drug-likeness (QED) is 0.532. The lowest BCUT2D eigenvalue weighted by atomic mass is 10.2. The molecule has 0 spiro atoms. The number of nitrogen functional groups attached to an aromatic ring is 1. The topological polar surface area (TPSA) is 102 Å². The molecular formula is C14H22N2O4S. The molecule has 0 aliphatic carbocycles. The van der Waals surface area contributed by atoms with Gasteiger partial charge in [-0.1, -0.05) is 6.92 Å². The van der Waals surface area contributed by atoms with Crippen molar-refractivity contribution in [1.82, 2.24) is 0 Å². The molecule has 1 rings (SSSR count). The van der Waals surface area contributed by atoms with Gasteiger partial charge in [0.1, 0.15) is 12.4 Å². The van der Waals surface area contributed by atoms with Crippen LogP contribution in [-0.4, -0.2) is 39.0 Å². The molecule has 0 saturated carbocycles. The van der Waals surface area contributed by atoms with E-state index in [0.717, 1.165) is 0 Å².